The number of guanidine groups is 1. The topological polar surface area (TPSA) is 160 Å². The number of hydrogen-bond donors (Lipinski definition) is 5. The molecule has 1 rings (SSSR count). The lowest BCUT2D eigenvalue weighted by atomic mass is 9.81. The van der Waals surface area contributed by atoms with Gasteiger partial charge in [-0.1, -0.05) is 52.9 Å². The van der Waals surface area contributed by atoms with Gasteiger partial charge in [0.2, 0.25) is 5.91 Å². The molecule has 0 aromatic rings. The number of rotatable bonds is 13. The van der Waals surface area contributed by atoms with E-state index in [0.717, 1.165) is 32.1 Å². The maximum atomic E-state index is 13.0. The van der Waals surface area contributed by atoms with Crippen molar-refractivity contribution in [2.45, 2.75) is 96.5 Å². The number of nitrogens with two attached hydrogens (primary N) is 2. The lowest BCUT2D eigenvalue weighted by molar-refractivity contribution is -0.120. The van der Waals surface area contributed by atoms with Crippen molar-refractivity contribution in [1.82, 2.24) is 5.32 Å². The standard InChI is InChI=1S/C20H41N4O5P/c1-5-8-9-10-11-29-30(27,28)16-12-15(24-20(21)22)17(19(16)26)18(23-13(4)25)14(6-2)7-3/h14-19,26H,5-12H2,1-4H3,(H,23,25)(H,27,28)(H4,21,22,24)/t15-,16+,17-,18+,19-/m1/s1. The third-order valence-electron chi connectivity index (χ3n) is 6.07. The van der Waals surface area contributed by atoms with Crippen molar-refractivity contribution in [1.29, 1.82) is 0 Å². The van der Waals surface area contributed by atoms with Crippen LogP contribution in [0, 0.1) is 11.8 Å². The predicted molar refractivity (Wildman–Crippen MR) is 119 cm³/mol. The SMILES string of the molecule is CCCCCCOP(=O)(O)[C@H]1C[C@@H](N=C(N)N)[C@H]([C@@H](NC(C)=O)C(CC)CC)[C@@H]1O. The molecule has 0 aromatic heterocycles. The lowest BCUT2D eigenvalue weighted by Crippen LogP contribution is -2.51. The zero-order valence-corrected chi connectivity index (χ0v) is 19.7. The number of carbonyl (C=O) groups excluding carboxylic acids is 1. The van der Waals surface area contributed by atoms with Crippen LogP contribution in [0.1, 0.15) is 72.6 Å². The van der Waals surface area contributed by atoms with Gasteiger partial charge in [0.1, 0.15) is 0 Å². The second-order valence-corrected chi connectivity index (χ2v) is 10.3. The highest BCUT2D eigenvalue weighted by atomic mass is 31.2. The molecule has 10 heteroatoms. The van der Waals surface area contributed by atoms with Crippen molar-refractivity contribution in [2.24, 2.45) is 28.3 Å². The van der Waals surface area contributed by atoms with Crippen molar-refractivity contribution in [2.75, 3.05) is 6.61 Å². The van der Waals surface area contributed by atoms with Crippen LogP contribution in [0.3, 0.4) is 0 Å². The van der Waals surface area contributed by atoms with Crippen molar-refractivity contribution < 1.29 is 23.9 Å². The summed E-state index contributed by atoms with van der Waals surface area (Å²) in [6.45, 7) is 7.68. The molecule has 6 atom stereocenters. The molecule has 1 amide bonds. The number of aliphatic hydroxyl groups is 1. The van der Waals surface area contributed by atoms with Crippen LogP contribution < -0.4 is 16.8 Å². The minimum absolute atomic E-state index is 0.0667. The number of hydrogen-bond acceptors (Lipinski definition) is 5. The first-order chi connectivity index (χ1) is 14.1. The number of aliphatic imine (C=N–C) groups is 1. The Balaban J connectivity index is 3.13. The van der Waals surface area contributed by atoms with Crippen LogP contribution in [0.5, 0.6) is 0 Å². The third kappa shape index (κ3) is 7.52. The molecule has 0 aliphatic heterocycles. The number of nitrogens with zero attached hydrogens (tertiary/aromatic N) is 1. The van der Waals surface area contributed by atoms with E-state index in [9.17, 15) is 19.4 Å². The van der Waals surface area contributed by atoms with Gasteiger partial charge in [-0.05, 0) is 18.8 Å². The first-order valence-corrected chi connectivity index (χ1v) is 12.7. The van der Waals surface area contributed by atoms with Gasteiger partial charge >= 0.3 is 7.60 Å². The van der Waals surface area contributed by atoms with E-state index < -0.39 is 37.4 Å². The van der Waals surface area contributed by atoms with Crippen LogP contribution in [0.15, 0.2) is 4.99 Å². The van der Waals surface area contributed by atoms with Crippen LogP contribution in [-0.4, -0.2) is 52.3 Å². The van der Waals surface area contributed by atoms with E-state index in [1.165, 1.54) is 6.92 Å². The van der Waals surface area contributed by atoms with Gasteiger partial charge in [0, 0.05) is 18.9 Å². The Hall–Kier alpha value is -1.15. The Bertz CT molecular complexity index is 610. The van der Waals surface area contributed by atoms with Gasteiger partial charge < -0.3 is 31.3 Å². The maximum Gasteiger partial charge on any atom is 0.333 e. The van der Waals surface area contributed by atoms with Gasteiger partial charge in [0.05, 0.1) is 24.4 Å². The fraction of sp³-hybridized carbons (Fsp3) is 0.900. The van der Waals surface area contributed by atoms with Crippen LogP contribution in [0.25, 0.3) is 0 Å². The van der Waals surface area contributed by atoms with Crippen LogP contribution >= 0.6 is 7.60 Å². The Morgan fingerprint density at radius 1 is 1.23 bits per heavy atom. The van der Waals surface area contributed by atoms with Gasteiger partial charge in [-0.25, -0.2) is 4.99 Å². The second-order valence-electron chi connectivity index (χ2n) is 8.25. The molecule has 0 aromatic carbocycles. The van der Waals surface area contributed by atoms with Crippen molar-refractivity contribution >= 4 is 19.5 Å². The Morgan fingerprint density at radius 2 is 1.87 bits per heavy atom. The summed E-state index contributed by atoms with van der Waals surface area (Å²) >= 11 is 0. The number of aliphatic hydroxyl groups excluding tert-OH is 1. The Kier molecular flexibility index (Phi) is 11.3. The summed E-state index contributed by atoms with van der Waals surface area (Å²) in [5.41, 5.74) is 10.2. The molecule has 176 valence electrons. The molecule has 0 bridgehead atoms. The molecule has 1 aliphatic rings. The van der Waals surface area contributed by atoms with E-state index in [4.69, 9.17) is 16.0 Å². The molecule has 1 unspecified atom stereocenters. The van der Waals surface area contributed by atoms with Crippen molar-refractivity contribution in [3.05, 3.63) is 0 Å². The zero-order valence-electron chi connectivity index (χ0n) is 18.8. The first-order valence-electron chi connectivity index (χ1n) is 11.1. The highest BCUT2D eigenvalue weighted by molar-refractivity contribution is 7.53. The van der Waals surface area contributed by atoms with Gasteiger partial charge in [-0.3, -0.25) is 9.36 Å². The summed E-state index contributed by atoms with van der Waals surface area (Å²) in [7, 11) is -4.10. The van der Waals surface area contributed by atoms with Crippen molar-refractivity contribution in [3.8, 4) is 0 Å². The van der Waals surface area contributed by atoms with Crippen LogP contribution in [0.2, 0.25) is 0 Å². The molecule has 0 spiro atoms. The van der Waals surface area contributed by atoms with E-state index in [2.05, 4.69) is 17.2 Å². The fourth-order valence-electron chi connectivity index (χ4n) is 4.52. The molecule has 9 nitrogen and oxygen atoms in total. The molecule has 1 aliphatic carbocycles. The highest BCUT2D eigenvalue weighted by Gasteiger charge is 2.54. The lowest BCUT2D eigenvalue weighted by Gasteiger charge is -2.35. The predicted octanol–water partition coefficient (Wildman–Crippen LogP) is 2.10. The largest absolute Gasteiger partial charge is 0.392 e. The minimum Gasteiger partial charge on any atom is -0.392 e. The first kappa shape index (κ1) is 26.9. The Labute approximate surface area is 180 Å². The summed E-state index contributed by atoms with van der Waals surface area (Å²) in [5, 5.41) is 14.1. The molecule has 1 saturated carbocycles. The molecule has 0 radical (unpaired) electrons. The summed E-state index contributed by atoms with van der Waals surface area (Å²) < 4.78 is 18.3. The monoisotopic (exact) mass is 448 g/mol. The summed E-state index contributed by atoms with van der Waals surface area (Å²) in [4.78, 5) is 26.7. The summed E-state index contributed by atoms with van der Waals surface area (Å²) in [6, 6.07) is -1.01. The van der Waals surface area contributed by atoms with Crippen LogP contribution in [0.4, 0.5) is 0 Å². The second kappa shape index (κ2) is 12.6. The number of unbranched alkanes of at least 4 members (excludes halogenated alkanes) is 3. The minimum atomic E-state index is -4.10. The summed E-state index contributed by atoms with van der Waals surface area (Å²) in [6.07, 6.45) is 4.18. The van der Waals surface area contributed by atoms with Gasteiger partial charge in [0.15, 0.2) is 5.96 Å². The molecule has 1 fully saturated rings. The van der Waals surface area contributed by atoms with Gasteiger partial charge in [-0.2, -0.15) is 0 Å². The van der Waals surface area contributed by atoms with E-state index in [1.54, 1.807) is 0 Å². The normalized spacial score (nSPS) is 26.9. The molecule has 0 heterocycles. The smallest absolute Gasteiger partial charge is 0.333 e. The average molecular weight is 449 g/mol. The number of amides is 1. The molecule has 0 saturated heterocycles. The number of carbonyl (C=O) groups is 1. The molecule has 30 heavy (non-hydrogen) atoms. The van der Waals surface area contributed by atoms with E-state index >= 15 is 0 Å². The number of nitrogens with one attached hydrogen (secondary N) is 1. The van der Waals surface area contributed by atoms with Gasteiger partial charge in [0.25, 0.3) is 0 Å². The average Bonchev–Trinajstić information content (AvgIpc) is 2.97. The van der Waals surface area contributed by atoms with E-state index in [-0.39, 0.29) is 30.8 Å². The van der Waals surface area contributed by atoms with E-state index in [1.807, 2.05) is 13.8 Å². The summed E-state index contributed by atoms with van der Waals surface area (Å²) in [5.74, 6) is -0.908. The third-order valence-corrected chi connectivity index (χ3v) is 7.97. The van der Waals surface area contributed by atoms with Crippen molar-refractivity contribution in [3.63, 3.8) is 0 Å². The van der Waals surface area contributed by atoms with Gasteiger partial charge in [-0.15, -0.1) is 0 Å². The highest BCUT2D eigenvalue weighted by Crippen LogP contribution is 2.56. The maximum absolute atomic E-state index is 13.0. The van der Waals surface area contributed by atoms with E-state index in [0.29, 0.717) is 6.42 Å². The fourth-order valence-corrected chi connectivity index (χ4v) is 6.17. The molecular formula is C20H41N4O5P. The van der Waals surface area contributed by atoms with Crippen LogP contribution in [-0.2, 0) is 13.9 Å². The Morgan fingerprint density at radius 3 is 2.37 bits per heavy atom. The molecular weight excluding hydrogens is 407 g/mol. The quantitative estimate of drug-likeness (QED) is 0.125. The zero-order chi connectivity index (χ0) is 22.9. The molecule has 7 N–H and O–H groups in total.